The zero-order valence-electron chi connectivity index (χ0n) is 14.2. The first-order valence-electron chi connectivity index (χ1n) is 7.81. The molecule has 23 heavy (non-hydrogen) atoms. The third kappa shape index (κ3) is 4.93. The number of esters is 1. The second-order valence-corrected chi connectivity index (χ2v) is 6.66. The fourth-order valence-electron chi connectivity index (χ4n) is 2.27. The molecule has 0 aliphatic heterocycles. The van der Waals surface area contributed by atoms with Crippen molar-refractivity contribution in [2.45, 2.75) is 45.3 Å². The van der Waals surface area contributed by atoms with E-state index < -0.39 is 6.04 Å². The Hall–Kier alpha value is -2.14. The number of ether oxygens (including phenoxy) is 1. The molecular weight excluding hydrogens is 290 g/mol. The number of aromatic nitrogens is 2. The second-order valence-electron chi connectivity index (χ2n) is 6.66. The molecule has 0 unspecified atom stereocenters. The van der Waals surface area contributed by atoms with Crippen molar-refractivity contribution in [3.05, 3.63) is 53.6 Å². The maximum absolute atomic E-state index is 12.2. The van der Waals surface area contributed by atoms with Crippen molar-refractivity contribution in [1.29, 1.82) is 0 Å². The third-order valence-electron chi connectivity index (χ3n) is 3.80. The number of aromatic amines is 1. The maximum atomic E-state index is 12.2. The fourth-order valence-corrected chi connectivity index (χ4v) is 2.27. The summed E-state index contributed by atoms with van der Waals surface area (Å²) < 4.78 is 5.42. The molecule has 0 fully saturated rings. The van der Waals surface area contributed by atoms with Gasteiger partial charge in [-0.2, -0.15) is 0 Å². The average molecular weight is 315 g/mol. The standard InChI is InChI=1S/C18H25N3O2/c1-18(2,3)14-7-5-13(6-8-14)11-23-17(22)16(19-4)9-15-10-20-12-21-15/h5-8,10,12,16,19H,9,11H2,1-4H3,(H,20,21)/t16-/m0/s1. The molecule has 1 atom stereocenters. The quantitative estimate of drug-likeness (QED) is 0.804. The van der Waals surface area contributed by atoms with Gasteiger partial charge in [-0.1, -0.05) is 45.0 Å². The van der Waals surface area contributed by atoms with Crippen LogP contribution in [0.1, 0.15) is 37.6 Å². The maximum Gasteiger partial charge on any atom is 0.323 e. The first kappa shape index (κ1) is 17.2. The lowest BCUT2D eigenvalue weighted by Crippen LogP contribution is -2.37. The van der Waals surface area contributed by atoms with Crippen molar-refractivity contribution in [2.75, 3.05) is 7.05 Å². The van der Waals surface area contributed by atoms with Gasteiger partial charge >= 0.3 is 5.97 Å². The monoisotopic (exact) mass is 315 g/mol. The van der Waals surface area contributed by atoms with Crippen LogP contribution in [0.4, 0.5) is 0 Å². The molecule has 0 amide bonds. The molecule has 0 aliphatic rings. The highest BCUT2D eigenvalue weighted by Crippen LogP contribution is 2.22. The molecule has 1 aromatic carbocycles. The molecule has 0 saturated heterocycles. The molecule has 2 N–H and O–H groups in total. The van der Waals surface area contributed by atoms with Gasteiger partial charge in [0, 0.05) is 12.6 Å². The predicted molar refractivity (Wildman–Crippen MR) is 90.1 cm³/mol. The molecule has 5 nitrogen and oxygen atoms in total. The topological polar surface area (TPSA) is 67.0 Å². The van der Waals surface area contributed by atoms with E-state index in [1.165, 1.54) is 5.56 Å². The van der Waals surface area contributed by atoms with Gasteiger partial charge < -0.3 is 15.0 Å². The van der Waals surface area contributed by atoms with Crippen molar-refractivity contribution in [3.8, 4) is 0 Å². The average Bonchev–Trinajstić information content (AvgIpc) is 3.03. The number of imidazole rings is 1. The smallest absolute Gasteiger partial charge is 0.323 e. The summed E-state index contributed by atoms with van der Waals surface area (Å²) >= 11 is 0. The Morgan fingerprint density at radius 3 is 2.52 bits per heavy atom. The van der Waals surface area contributed by atoms with Crippen molar-refractivity contribution in [3.63, 3.8) is 0 Å². The summed E-state index contributed by atoms with van der Waals surface area (Å²) in [7, 11) is 1.75. The van der Waals surface area contributed by atoms with Gasteiger partial charge in [0.2, 0.25) is 0 Å². The lowest BCUT2D eigenvalue weighted by Gasteiger charge is -2.19. The molecule has 1 heterocycles. The Balaban J connectivity index is 1.90. The van der Waals surface area contributed by atoms with Crippen LogP contribution in [-0.2, 0) is 28.0 Å². The van der Waals surface area contributed by atoms with Crippen LogP contribution in [0, 0.1) is 0 Å². The molecule has 2 aromatic rings. The Morgan fingerprint density at radius 2 is 2.00 bits per heavy atom. The summed E-state index contributed by atoms with van der Waals surface area (Å²) in [5.74, 6) is -0.268. The minimum absolute atomic E-state index is 0.121. The number of likely N-dealkylation sites (N-methyl/N-ethyl adjacent to an activating group) is 1. The van der Waals surface area contributed by atoms with Crippen LogP contribution in [0.2, 0.25) is 0 Å². The van der Waals surface area contributed by atoms with Gasteiger partial charge in [0.05, 0.1) is 12.0 Å². The molecule has 0 radical (unpaired) electrons. The summed E-state index contributed by atoms with van der Waals surface area (Å²) in [5, 5.41) is 2.98. The first-order valence-corrected chi connectivity index (χ1v) is 7.81. The number of nitrogens with zero attached hydrogens (tertiary/aromatic N) is 1. The normalized spacial score (nSPS) is 12.9. The van der Waals surface area contributed by atoms with Crippen molar-refractivity contribution < 1.29 is 9.53 Å². The molecular formula is C18H25N3O2. The van der Waals surface area contributed by atoms with Crippen LogP contribution in [0.5, 0.6) is 0 Å². The Labute approximate surface area is 137 Å². The minimum Gasteiger partial charge on any atom is -0.460 e. The van der Waals surface area contributed by atoms with Gasteiger partial charge in [-0.3, -0.25) is 4.79 Å². The number of carbonyl (C=O) groups excluding carboxylic acids is 1. The number of hydrogen-bond donors (Lipinski definition) is 2. The number of H-pyrrole nitrogens is 1. The van der Waals surface area contributed by atoms with E-state index in [9.17, 15) is 4.79 Å². The predicted octanol–water partition coefficient (Wildman–Crippen LogP) is 2.58. The van der Waals surface area contributed by atoms with Crippen molar-refractivity contribution in [1.82, 2.24) is 15.3 Å². The molecule has 0 saturated carbocycles. The Bertz CT molecular complexity index is 613. The summed E-state index contributed by atoms with van der Waals surface area (Å²) in [6.45, 7) is 6.81. The highest BCUT2D eigenvalue weighted by Gasteiger charge is 2.19. The van der Waals surface area contributed by atoms with Crippen molar-refractivity contribution in [2.24, 2.45) is 0 Å². The Morgan fingerprint density at radius 1 is 1.30 bits per heavy atom. The van der Waals surface area contributed by atoms with E-state index in [4.69, 9.17) is 4.74 Å². The Kier molecular flexibility index (Phi) is 5.55. The van der Waals surface area contributed by atoms with Crippen LogP contribution < -0.4 is 5.32 Å². The van der Waals surface area contributed by atoms with E-state index in [0.717, 1.165) is 11.3 Å². The van der Waals surface area contributed by atoms with Gasteiger partial charge in [-0.15, -0.1) is 0 Å². The van der Waals surface area contributed by atoms with E-state index in [1.807, 2.05) is 12.1 Å². The van der Waals surface area contributed by atoms with Crippen molar-refractivity contribution >= 4 is 5.97 Å². The highest BCUT2D eigenvalue weighted by atomic mass is 16.5. The number of nitrogens with one attached hydrogen (secondary N) is 2. The van der Waals surface area contributed by atoms with Crippen LogP contribution in [0.3, 0.4) is 0 Å². The molecule has 5 heteroatoms. The largest absolute Gasteiger partial charge is 0.460 e. The van der Waals surface area contributed by atoms with Gasteiger partial charge in [-0.05, 0) is 23.6 Å². The number of hydrogen-bond acceptors (Lipinski definition) is 4. The zero-order chi connectivity index (χ0) is 16.9. The summed E-state index contributed by atoms with van der Waals surface area (Å²) in [5.41, 5.74) is 3.20. The highest BCUT2D eigenvalue weighted by molar-refractivity contribution is 5.76. The lowest BCUT2D eigenvalue weighted by atomic mass is 9.87. The summed E-state index contributed by atoms with van der Waals surface area (Å²) in [6.07, 6.45) is 3.88. The van der Waals surface area contributed by atoms with E-state index in [-0.39, 0.29) is 18.0 Å². The molecule has 0 aliphatic carbocycles. The second kappa shape index (κ2) is 7.42. The molecule has 124 valence electrons. The van der Waals surface area contributed by atoms with Crippen LogP contribution in [0.15, 0.2) is 36.8 Å². The van der Waals surface area contributed by atoms with Gasteiger partial charge in [0.15, 0.2) is 0 Å². The number of carbonyl (C=O) groups is 1. The van der Waals surface area contributed by atoms with E-state index in [0.29, 0.717) is 6.42 Å². The number of benzene rings is 1. The van der Waals surface area contributed by atoms with E-state index in [2.05, 4.69) is 48.2 Å². The summed E-state index contributed by atoms with van der Waals surface area (Å²) in [4.78, 5) is 19.2. The molecule has 0 spiro atoms. The van der Waals surface area contributed by atoms with Crippen LogP contribution >= 0.6 is 0 Å². The molecule has 2 rings (SSSR count). The van der Waals surface area contributed by atoms with E-state index in [1.54, 1.807) is 19.6 Å². The third-order valence-corrected chi connectivity index (χ3v) is 3.80. The minimum atomic E-state index is -0.396. The van der Waals surface area contributed by atoms with Crippen LogP contribution in [0.25, 0.3) is 0 Å². The van der Waals surface area contributed by atoms with Gasteiger partial charge in [0.25, 0.3) is 0 Å². The number of rotatable bonds is 6. The zero-order valence-corrected chi connectivity index (χ0v) is 14.2. The summed E-state index contributed by atoms with van der Waals surface area (Å²) in [6, 6.07) is 7.80. The fraction of sp³-hybridized carbons (Fsp3) is 0.444. The van der Waals surface area contributed by atoms with Gasteiger partial charge in [0.1, 0.15) is 12.6 Å². The van der Waals surface area contributed by atoms with E-state index >= 15 is 0 Å². The molecule has 0 bridgehead atoms. The SMILES string of the molecule is CN[C@@H](Cc1c[nH]cn1)C(=O)OCc1ccc(C(C)(C)C)cc1. The van der Waals surface area contributed by atoms with Gasteiger partial charge in [-0.25, -0.2) is 4.98 Å². The van der Waals surface area contributed by atoms with Crippen LogP contribution in [-0.4, -0.2) is 29.0 Å². The lowest BCUT2D eigenvalue weighted by molar-refractivity contribution is -0.147. The first-order chi connectivity index (χ1) is 10.9. The molecule has 1 aromatic heterocycles.